The van der Waals surface area contributed by atoms with Crippen molar-refractivity contribution in [2.45, 2.75) is 39.0 Å². The number of fused-ring (bicyclic) bond motifs is 3. The Kier molecular flexibility index (Phi) is 3.39. The largest absolute Gasteiger partial charge is 0.466 e. The zero-order valence-corrected chi connectivity index (χ0v) is 10.9. The van der Waals surface area contributed by atoms with E-state index >= 15 is 0 Å². The topological polar surface area (TPSA) is 26.3 Å². The molecule has 3 saturated carbocycles. The van der Waals surface area contributed by atoms with Crippen LogP contribution in [-0.2, 0) is 9.53 Å². The van der Waals surface area contributed by atoms with Gasteiger partial charge in [0.15, 0.2) is 0 Å². The van der Waals surface area contributed by atoms with E-state index in [1.54, 1.807) is 0 Å². The smallest absolute Gasteiger partial charge is 0.309 e. The first kappa shape index (κ1) is 11.4. The van der Waals surface area contributed by atoms with Gasteiger partial charge in [-0.25, -0.2) is 0 Å². The molecule has 0 spiro atoms. The summed E-state index contributed by atoms with van der Waals surface area (Å²) in [6.07, 6.45) is 6.08. The number of alkyl halides is 1. The van der Waals surface area contributed by atoms with Crippen molar-refractivity contribution in [1.29, 1.82) is 0 Å². The zero-order chi connectivity index (χ0) is 10.9. The molecule has 3 heteroatoms. The van der Waals surface area contributed by atoms with Crippen LogP contribution in [0.4, 0.5) is 0 Å². The fraction of sp³-hybridized carbons (Fsp3) is 0.917. The predicted molar refractivity (Wildman–Crippen MR) is 62.9 cm³/mol. The maximum atomic E-state index is 11.9. The summed E-state index contributed by atoms with van der Waals surface area (Å²) >= 11 is 3.60. The summed E-state index contributed by atoms with van der Waals surface area (Å²) in [5, 5.41) is 0.955. The molecule has 3 aliphatic carbocycles. The third-order valence-electron chi connectivity index (χ3n) is 4.25. The molecule has 0 aromatic heterocycles. The van der Waals surface area contributed by atoms with Crippen molar-refractivity contribution >= 4 is 21.9 Å². The minimum Gasteiger partial charge on any atom is -0.466 e. The van der Waals surface area contributed by atoms with Gasteiger partial charge in [0.2, 0.25) is 0 Å². The predicted octanol–water partition coefficient (Wildman–Crippen LogP) is 3.14. The second kappa shape index (κ2) is 4.44. The number of hydrogen-bond acceptors (Lipinski definition) is 2. The van der Waals surface area contributed by atoms with Gasteiger partial charge < -0.3 is 4.74 Å². The number of carbonyl (C=O) groups excluding carboxylic acids is 1. The van der Waals surface area contributed by atoms with Gasteiger partial charge in [-0.1, -0.05) is 15.9 Å². The Hall–Kier alpha value is -0.0500. The molecular weight excluding hydrogens is 256 g/mol. The van der Waals surface area contributed by atoms with Crippen LogP contribution in [0.25, 0.3) is 0 Å². The molecule has 0 amide bonds. The summed E-state index contributed by atoms with van der Waals surface area (Å²) < 4.78 is 5.20. The normalized spacial score (nSPS) is 39.1. The van der Waals surface area contributed by atoms with Crippen LogP contribution < -0.4 is 0 Å². The quantitative estimate of drug-likeness (QED) is 0.584. The molecule has 0 heterocycles. The lowest BCUT2D eigenvalue weighted by Gasteiger charge is -2.50. The number of rotatable bonds is 3. The number of ether oxygens (including phenoxy) is 1. The molecule has 15 heavy (non-hydrogen) atoms. The third kappa shape index (κ3) is 1.95. The SMILES string of the molecule is CCOC(=O)C1CC2CCC1(CBr)CC2. The highest BCUT2D eigenvalue weighted by molar-refractivity contribution is 9.09. The van der Waals surface area contributed by atoms with Crippen LogP contribution in [0, 0.1) is 17.3 Å². The first-order valence-corrected chi connectivity index (χ1v) is 7.06. The summed E-state index contributed by atoms with van der Waals surface area (Å²) in [5.74, 6) is 0.978. The van der Waals surface area contributed by atoms with Gasteiger partial charge in [0.25, 0.3) is 0 Å². The molecule has 3 fully saturated rings. The fourth-order valence-corrected chi connectivity index (χ4v) is 4.19. The first-order chi connectivity index (χ1) is 7.22. The van der Waals surface area contributed by atoms with E-state index in [0.717, 1.165) is 17.7 Å². The molecule has 1 unspecified atom stereocenters. The molecular formula is C12H19BrO2. The zero-order valence-electron chi connectivity index (χ0n) is 9.30. The molecule has 3 rings (SSSR count). The van der Waals surface area contributed by atoms with Crippen LogP contribution in [0.2, 0.25) is 0 Å². The standard InChI is InChI=1S/C12H19BrO2/c1-2-15-11(14)10-7-9-3-5-12(10,8-13)6-4-9/h9-10H,2-8H2,1H3. The first-order valence-electron chi connectivity index (χ1n) is 5.94. The van der Waals surface area contributed by atoms with E-state index in [9.17, 15) is 4.79 Å². The summed E-state index contributed by atoms with van der Waals surface area (Å²) in [7, 11) is 0. The van der Waals surface area contributed by atoms with E-state index in [0.29, 0.717) is 6.61 Å². The number of carbonyl (C=O) groups is 1. The number of hydrogen-bond donors (Lipinski definition) is 0. The Labute approximate surface area is 99.9 Å². The molecule has 1 atom stereocenters. The van der Waals surface area contributed by atoms with Gasteiger partial charge >= 0.3 is 5.97 Å². The van der Waals surface area contributed by atoms with Crippen LogP contribution in [0.15, 0.2) is 0 Å². The van der Waals surface area contributed by atoms with Crippen molar-refractivity contribution in [3.63, 3.8) is 0 Å². The van der Waals surface area contributed by atoms with E-state index in [1.165, 1.54) is 25.7 Å². The van der Waals surface area contributed by atoms with Crippen LogP contribution >= 0.6 is 15.9 Å². The van der Waals surface area contributed by atoms with Gasteiger partial charge in [-0.05, 0) is 50.4 Å². The van der Waals surface area contributed by atoms with Crippen molar-refractivity contribution in [1.82, 2.24) is 0 Å². The van der Waals surface area contributed by atoms with Crippen LogP contribution in [0.3, 0.4) is 0 Å². The van der Waals surface area contributed by atoms with Gasteiger partial charge in [0.05, 0.1) is 12.5 Å². The Balaban J connectivity index is 2.13. The second-order valence-electron chi connectivity index (χ2n) is 4.98. The van der Waals surface area contributed by atoms with Crippen LogP contribution in [0.1, 0.15) is 39.0 Å². The molecule has 0 radical (unpaired) electrons. The lowest BCUT2D eigenvalue weighted by Crippen LogP contribution is -2.47. The third-order valence-corrected chi connectivity index (χ3v) is 5.36. The van der Waals surface area contributed by atoms with Crippen molar-refractivity contribution in [2.24, 2.45) is 17.3 Å². The number of halogens is 1. The van der Waals surface area contributed by atoms with Crippen molar-refractivity contribution in [3.8, 4) is 0 Å². The monoisotopic (exact) mass is 274 g/mol. The molecule has 2 nitrogen and oxygen atoms in total. The number of esters is 1. The van der Waals surface area contributed by atoms with Gasteiger partial charge in [-0.2, -0.15) is 0 Å². The molecule has 0 N–H and O–H groups in total. The summed E-state index contributed by atoms with van der Waals surface area (Å²) in [5.41, 5.74) is 0.209. The average Bonchev–Trinajstić information content (AvgIpc) is 2.30. The molecule has 0 saturated heterocycles. The van der Waals surface area contributed by atoms with Crippen molar-refractivity contribution in [2.75, 3.05) is 11.9 Å². The Morgan fingerprint density at radius 2 is 2.13 bits per heavy atom. The Bertz CT molecular complexity index is 244. The summed E-state index contributed by atoms with van der Waals surface area (Å²) in [6.45, 7) is 2.40. The highest BCUT2D eigenvalue weighted by Gasteiger charge is 2.50. The highest BCUT2D eigenvalue weighted by atomic mass is 79.9. The lowest BCUT2D eigenvalue weighted by molar-refractivity contribution is -0.158. The molecule has 0 aromatic rings. The van der Waals surface area contributed by atoms with E-state index in [2.05, 4.69) is 15.9 Å². The molecule has 2 bridgehead atoms. The van der Waals surface area contributed by atoms with E-state index in [4.69, 9.17) is 4.74 Å². The highest BCUT2D eigenvalue weighted by Crippen LogP contribution is 2.54. The maximum Gasteiger partial charge on any atom is 0.309 e. The summed E-state index contributed by atoms with van der Waals surface area (Å²) in [6, 6.07) is 0. The summed E-state index contributed by atoms with van der Waals surface area (Å²) in [4.78, 5) is 11.9. The van der Waals surface area contributed by atoms with Crippen molar-refractivity contribution in [3.05, 3.63) is 0 Å². The van der Waals surface area contributed by atoms with Gasteiger partial charge in [0, 0.05) is 5.33 Å². The maximum absolute atomic E-state index is 11.9. The average molecular weight is 275 g/mol. The van der Waals surface area contributed by atoms with E-state index < -0.39 is 0 Å². The van der Waals surface area contributed by atoms with Crippen molar-refractivity contribution < 1.29 is 9.53 Å². The van der Waals surface area contributed by atoms with E-state index in [-0.39, 0.29) is 17.3 Å². The van der Waals surface area contributed by atoms with E-state index in [1.807, 2.05) is 6.92 Å². The molecule has 3 aliphatic rings. The fourth-order valence-electron chi connectivity index (χ4n) is 3.24. The van der Waals surface area contributed by atoms with Crippen LogP contribution in [-0.4, -0.2) is 17.9 Å². The molecule has 0 aliphatic heterocycles. The minimum atomic E-state index is 0.0429. The second-order valence-corrected chi connectivity index (χ2v) is 5.54. The molecule has 86 valence electrons. The van der Waals surface area contributed by atoms with Gasteiger partial charge in [0.1, 0.15) is 0 Å². The Morgan fingerprint density at radius 1 is 1.47 bits per heavy atom. The minimum absolute atomic E-state index is 0.0429. The van der Waals surface area contributed by atoms with Gasteiger partial charge in [-0.3, -0.25) is 4.79 Å². The van der Waals surface area contributed by atoms with Crippen LogP contribution in [0.5, 0.6) is 0 Å². The van der Waals surface area contributed by atoms with Gasteiger partial charge in [-0.15, -0.1) is 0 Å². The Morgan fingerprint density at radius 3 is 2.67 bits per heavy atom. The lowest BCUT2D eigenvalue weighted by atomic mass is 9.56. The molecule has 0 aromatic carbocycles.